The van der Waals surface area contributed by atoms with E-state index in [0.29, 0.717) is 17.7 Å². The van der Waals surface area contributed by atoms with E-state index < -0.39 is 0 Å². The first-order chi connectivity index (χ1) is 7.22. The van der Waals surface area contributed by atoms with Gasteiger partial charge in [0.25, 0.3) is 0 Å². The molecular formula is C12H16FNO. The van der Waals surface area contributed by atoms with Crippen LogP contribution in [0.2, 0.25) is 0 Å². The van der Waals surface area contributed by atoms with Crippen molar-refractivity contribution in [2.24, 2.45) is 5.92 Å². The molecule has 1 heterocycles. The molecule has 1 saturated heterocycles. The normalized spacial score (nSPS) is 25.5. The van der Waals surface area contributed by atoms with Gasteiger partial charge in [-0.05, 0) is 36.6 Å². The Bertz CT molecular complexity index is 353. The number of nitrogens with one attached hydrogen (secondary N) is 1. The molecule has 3 heteroatoms. The van der Waals surface area contributed by atoms with Crippen molar-refractivity contribution in [3.63, 3.8) is 0 Å². The van der Waals surface area contributed by atoms with Crippen LogP contribution in [0.5, 0.6) is 5.75 Å². The Hall–Kier alpha value is -1.09. The lowest BCUT2D eigenvalue weighted by molar-refractivity contribution is 0.384. The van der Waals surface area contributed by atoms with Crippen LogP contribution in [0, 0.1) is 11.7 Å². The van der Waals surface area contributed by atoms with Gasteiger partial charge in [-0.1, -0.05) is 13.0 Å². The topological polar surface area (TPSA) is 21.3 Å². The lowest BCUT2D eigenvalue weighted by Crippen LogP contribution is -2.16. The lowest BCUT2D eigenvalue weighted by Gasteiger charge is -2.16. The first kappa shape index (κ1) is 10.4. The molecule has 1 aliphatic rings. The highest BCUT2D eigenvalue weighted by atomic mass is 19.1. The molecule has 15 heavy (non-hydrogen) atoms. The zero-order valence-corrected chi connectivity index (χ0v) is 9.09. The minimum absolute atomic E-state index is 0.299. The maximum atomic E-state index is 13.2. The summed E-state index contributed by atoms with van der Waals surface area (Å²) in [4.78, 5) is 0. The number of hydrogen-bond donors (Lipinski definition) is 1. The van der Waals surface area contributed by atoms with Crippen molar-refractivity contribution in [3.05, 3.63) is 29.6 Å². The summed E-state index contributed by atoms with van der Waals surface area (Å²) in [7, 11) is 1.49. The van der Waals surface area contributed by atoms with E-state index in [0.717, 1.165) is 12.1 Å². The fourth-order valence-electron chi connectivity index (χ4n) is 2.15. The van der Waals surface area contributed by atoms with Crippen molar-refractivity contribution in [3.8, 4) is 5.75 Å². The van der Waals surface area contributed by atoms with Gasteiger partial charge in [0.15, 0.2) is 11.6 Å². The first-order valence-corrected chi connectivity index (χ1v) is 5.29. The monoisotopic (exact) mass is 209 g/mol. The molecule has 0 amide bonds. The largest absolute Gasteiger partial charge is 0.494 e. The summed E-state index contributed by atoms with van der Waals surface area (Å²) in [5.74, 6) is 0.625. The van der Waals surface area contributed by atoms with Crippen LogP contribution in [0.1, 0.15) is 24.9 Å². The van der Waals surface area contributed by atoms with Gasteiger partial charge in [0, 0.05) is 6.04 Å². The van der Waals surface area contributed by atoms with Crippen molar-refractivity contribution in [1.82, 2.24) is 5.32 Å². The molecule has 0 radical (unpaired) electrons. The van der Waals surface area contributed by atoms with E-state index in [4.69, 9.17) is 4.74 Å². The Kier molecular flexibility index (Phi) is 2.91. The van der Waals surface area contributed by atoms with E-state index in [1.807, 2.05) is 6.07 Å². The Labute approximate surface area is 89.4 Å². The van der Waals surface area contributed by atoms with Gasteiger partial charge in [0.05, 0.1) is 7.11 Å². The summed E-state index contributed by atoms with van der Waals surface area (Å²) in [5, 5.41) is 3.42. The summed E-state index contributed by atoms with van der Waals surface area (Å²) >= 11 is 0. The molecule has 1 fully saturated rings. The third kappa shape index (κ3) is 1.97. The Morgan fingerprint density at radius 3 is 2.87 bits per heavy atom. The molecule has 0 spiro atoms. The number of ether oxygens (including phenoxy) is 1. The molecule has 2 nitrogen and oxygen atoms in total. The van der Waals surface area contributed by atoms with Gasteiger partial charge >= 0.3 is 0 Å². The maximum absolute atomic E-state index is 13.2. The SMILES string of the molecule is COc1cc([C@@H]2NCC[C@H]2C)ccc1F. The van der Waals surface area contributed by atoms with Crippen LogP contribution in [0.25, 0.3) is 0 Å². The predicted molar refractivity (Wildman–Crippen MR) is 57.5 cm³/mol. The van der Waals surface area contributed by atoms with Gasteiger partial charge in [-0.25, -0.2) is 4.39 Å². The maximum Gasteiger partial charge on any atom is 0.165 e. The molecule has 0 bridgehead atoms. The van der Waals surface area contributed by atoms with E-state index in [1.165, 1.54) is 19.6 Å². The number of rotatable bonds is 2. The summed E-state index contributed by atoms with van der Waals surface area (Å²) in [6, 6.07) is 5.42. The highest BCUT2D eigenvalue weighted by molar-refractivity contribution is 5.32. The fraction of sp³-hybridized carbons (Fsp3) is 0.500. The van der Waals surface area contributed by atoms with Crippen LogP contribution in [0.4, 0.5) is 4.39 Å². The third-order valence-corrected chi connectivity index (χ3v) is 3.07. The lowest BCUT2D eigenvalue weighted by atomic mass is 9.96. The average Bonchev–Trinajstić information content (AvgIpc) is 2.65. The molecule has 1 aliphatic heterocycles. The molecule has 82 valence electrons. The van der Waals surface area contributed by atoms with E-state index in [-0.39, 0.29) is 5.82 Å². The molecule has 1 aromatic rings. The van der Waals surface area contributed by atoms with Gasteiger partial charge in [-0.3, -0.25) is 0 Å². The van der Waals surface area contributed by atoms with Crippen LogP contribution in [0.15, 0.2) is 18.2 Å². The quantitative estimate of drug-likeness (QED) is 0.808. The van der Waals surface area contributed by atoms with Crippen molar-refractivity contribution >= 4 is 0 Å². The van der Waals surface area contributed by atoms with Gasteiger partial charge in [0.2, 0.25) is 0 Å². The van der Waals surface area contributed by atoms with Crippen molar-refractivity contribution in [1.29, 1.82) is 0 Å². The second kappa shape index (κ2) is 4.19. The van der Waals surface area contributed by atoms with Crippen molar-refractivity contribution < 1.29 is 9.13 Å². The van der Waals surface area contributed by atoms with E-state index in [1.54, 1.807) is 6.07 Å². The molecule has 1 aromatic carbocycles. The molecular weight excluding hydrogens is 193 g/mol. The second-order valence-corrected chi connectivity index (χ2v) is 4.09. The molecule has 2 rings (SSSR count). The third-order valence-electron chi connectivity index (χ3n) is 3.07. The first-order valence-electron chi connectivity index (χ1n) is 5.29. The average molecular weight is 209 g/mol. The fourth-order valence-corrected chi connectivity index (χ4v) is 2.15. The van der Waals surface area contributed by atoms with Crippen LogP contribution < -0.4 is 10.1 Å². The minimum Gasteiger partial charge on any atom is -0.494 e. The minimum atomic E-state index is -0.299. The number of hydrogen-bond acceptors (Lipinski definition) is 2. The van der Waals surface area contributed by atoms with Crippen LogP contribution in [-0.2, 0) is 0 Å². The van der Waals surface area contributed by atoms with Gasteiger partial charge in [-0.15, -0.1) is 0 Å². The highest BCUT2D eigenvalue weighted by Crippen LogP contribution is 2.31. The number of methoxy groups -OCH3 is 1. The van der Waals surface area contributed by atoms with E-state index >= 15 is 0 Å². The molecule has 0 aromatic heterocycles. The summed E-state index contributed by atoms with van der Waals surface area (Å²) < 4.78 is 18.2. The van der Waals surface area contributed by atoms with Crippen LogP contribution in [-0.4, -0.2) is 13.7 Å². The zero-order valence-electron chi connectivity index (χ0n) is 9.09. The number of benzene rings is 1. The van der Waals surface area contributed by atoms with Crippen LogP contribution in [0.3, 0.4) is 0 Å². The van der Waals surface area contributed by atoms with Gasteiger partial charge in [-0.2, -0.15) is 0 Å². The number of halogens is 1. The molecule has 0 aliphatic carbocycles. The summed E-state index contributed by atoms with van der Waals surface area (Å²) in [6.07, 6.45) is 1.17. The zero-order chi connectivity index (χ0) is 10.8. The standard InChI is InChI=1S/C12H16FNO/c1-8-5-6-14-12(8)9-3-4-10(13)11(7-9)15-2/h3-4,7-8,12,14H,5-6H2,1-2H3/t8-,12-/m1/s1. The van der Waals surface area contributed by atoms with Crippen molar-refractivity contribution in [2.75, 3.05) is 13.7 Å². The Balaban J connectivity index is 2.28. The molecule has 0 unspecified atom stereocenters. The summed E-state index contributed by atoms with van der Waals surface area (Å²) in [6.45, 7) is 3.24. The Morgan fingerprint density at radius 2 is 2.27 bits per heavy atom. The molecule has 2 atom stereocenters. The smallest absolute Gasteiger partial charge is 0.165 e. The van der Waals surface area contributed by atoms with Crippen molar-refractivity contribution in [2.45, 2.75) is 19.4 Å². The second-order valence-electron chi connectivity index (χ2n) is 4.09. The van der Waals surface area contributed by atoms with Gasteiger partial charge in [0.1, 0.15) is 0 Å². The van der Waals surface area contributed by atoms with Crippen LogP contribution >= 0.6 is 0 Å². The molecule has 1 N–H and O–H groups in total. The van der Waals surface area contributed by atoms with Gasteiger partial charge < -0.3 is 10.1 Å². The van der Waals surface area contributed by atoms with E-state index in [9.17, 15) is 4.39 Å². The molecule has 0 saturated carbocycles. The predicted octanol–water partition coefficient (Wildman–Crippen LogP) is 2.50. The summed E-state index contributed by atoms with van der Waals surface area (Å²) in [5.41, 5.74) is 1.11. The van der Waals surface area contributed by atoms with E-state index in [2.05, 4.69) is 12.2 Å². The Morgan fingerprint density at radius 1 is 1.47 bits per heavy atom. The highest BCUT2D eigenvalue weighted by Gasteiger charge is 2.24.